The smallest absolute Gasteiger partial charge is 0.360 e. The summed E-state index contributed by atoms with van der Waals surface area (Å²) in [5.74, 6) is -0.770. The van der Waals surface area contributed by atoms with E-state index in [1.54, 1.807) is 18.5 Å². The molecule has 0 saturated carbocycles. The highest BCUT2D eigenvalue weighted by molar-refractivity contribution is 14.1. The van der Waals surface area contributed by atoms with E-state index in [0.29, 0.717) is 11.6 Å². The summed E-state index contributed by atoms with van der Waals surface area (Å²) in [6.07, 6.45) is 0. The highest BCUT2D eigenvalue weighted by Gasteiger charge is 2.16. The van der Waals surface area contributed by atoms with Crippen LogP contribution in [0.15, 0.2) is 23.7 Å². The molecule has 0 aliphatic rings. The van der Waals surface area contributed by atoms with E-state index < -0.39 is 5.97 Å². The highest BCUT2D eigenvalue weighted by atomic mass is 127. The van der Waals surface area contributed by atoms with Crippen molar-refractivity contribution in [2.75, 3.05) is 11.9 Å². The number of halogens is 2. The third kappa shape index (κ3) is 3.41. The summed E-state index contributed by atoms with van der Waals surface area (Å²) < 4.78 is 18.7. The maximum absolute atomic E-state index is 13.0. The number of nitrogens with one attached hydrogen (secondary N) is 1. The normalized spacial score (nSPS) is 10.3. The Morgan fingerprint density at radius 3 is 3.05 bits per heavy atom. The van der Waals surface area contributed by atoms with Gasteiger partial charge in [0.15, 0.2) is 5.69 Å². The predicted octanol–water partition coefficient (Wildman–Crippen LogP) is 3.81. The van der Waals surface area contributed by atoms with E-state index in [1.807, 2.05) is 22.6 Å². The molecule has 1 heterocycles. The molecule has 100 valence electrons. The molecule has 1 aromatic carbocycles. The number of ether oxygens (including phenoxy) is 1. The molecule has 0 bridgehead atoms. The fourth-order valence-corrected chi connectivity index (χ4v) is 2.69. The third-order valence-electron chi connectivity index (χ3n) is 2.22. The number of anilines is 2. The molecule has 7 heteroatoms. The van der Waals surface area contributed by atoms with Crippen LogP contribution in [0.1, 0.15) is 17.4 Å². The molecule has 0 radical (unpaired) electrons. The number of carbonyl (C=O) groups excluding carboxylic acids is 1. The summed E-state index contributed by atoms with van der Waals surface area (Å²) in [6, 6.07) is 4.38. The van der Waals surface area contributed by atoms with E-state index in [-0.39, 0.29) is 11.5 Å². The number of hydrogen-bond donors (Lipinski definition) is 1. The maximum Gasteiger partial charge on any atom is 0.360 e. The Labute approximate surface area is 127 Å². The lowest BCUT2D eigenvalue weighted by molar-refractivity contribution is 0.0521. The van der Waals surface area contributed by atoms with Crippen LogP contribution >= 0.6 is 33.9 Å². The van der Waals surface area contributed by atoms with Crippen LogP contribution in [0.2, 0.25) is 0 Å². The average molecular weight is 392 g/mol. The number of aromatic nitrogens is 1. The van der Waals surface area contributed by atoms with Crippen molar-refractivity contribution in [1.29, 1.82) is 0 Å². The molecule has 0 spiro atoms. The van der Waals surface area contributed by atoms with Gasteiger partial charge < -0.3 is 10.1 Å². The van der Waals surface area contributed by atoms with Crippen LogP contribution in [0.4, 0.5) is 15.1 Å². The van der Waals surface area contributed by atoms with Crippen LogP contribution < -0.4 is 5.32 Å². The second kappa shape index (κ2) is 6.29. The van der Waals surface area contributed by atoms with Crippen molar-refractivity contribution in [2.45, 2.75) is 6.92 Å². The Hall–Kier alpha value is -1.22. The molecule has 2 rings (SSSR count). The third-order valence-corrected chi connectivity index (χ3v) is 3.85. The molecule has 1 aromatic heterocycles. The number of thiazole rings is 1. The van der Waals surface area contributed by atoms with Crippen molar-refractivity contribution in [2.24, 2.45) is 0 Å². The summed E-state index contributed by atoms with van der Waals surface area (Å²) in [4.78, 5) is 15.7. The van der Waals surface area contributed by atoms with Crippen molar-refractivity contribution in [3.8, 4) is 0 Å². The molecular weight excluding hydrogens is 382 g/mol. The van der Waals surface area contributed by atoms with E-state index in [1.165, 1.54) is 23.5 Å². The van der Waals surface area contributed by atoms with Crippen molar-refractivity contribution in [3.63, 3.8) is 0 Å². The van der Waals surface area contributed by atoms with Gasteiger partial charge in [0.25, 0.3) is 0 Å². The number of carbonyl (C=O) groups is 1. The zero-order valence-electron chi connectivity index (χ0n) is 9.94. The molecule has 2 aromatic rings. The molecule has 0 unspecified atom stereocenters. The van der Waals surface area contributed by atoms with Gasteiger partial charge in [-0.25, -0.2) is 14.2 Å². The Morgan fingerprint density at radius 2 is 2.37 bits per heavy atom. The summed E-state index contributed by atoms with van der Waals surface area (Å²) in [5.41, 5.74) is 2.52. The van der Waals surface area contributed by atoms with Crippen LogP contribution in [-0.4, -0.2) is 17.6 Å². The Morgan fingerprint density at radius 1 is 1.58 bits per heavy atom. The Kier molecular flexibility index (Phi) is 4.70. The Balaban J connectivity index is 2.24. The fourth-order valence-electron chi connectivity index (χ4n) is 1.39. The van der Waals surface area contributed by atoms with Crippen molar-refractivity contribution >= 4 is 50.6 Å². The highest BCUT2D eigenvalue weighted by Crippen LogP contribution is 2.28. The molecule has 0 amide bonds. The van der Waals surface area contributed by atoms with Gasteiger partial charge in [0.1, 0.15) is 10.8 Å². The average Bonchev–Trinajstić information content (AvgIpc) is 2.81. The Bertz CT molecular complexity index is 603. The van der Waals surface area contributed by atoms with Gasteiger partial charge in [-0.2, -0.15) is 0 Å². The van der Waals surface area contributed by atoms with Crippen molar-refractivity contribution in [1.82, 2.24) is 4.98 Å². The minimum Gasteiger partial charge on any atom is -0.461 e. The molecule has 0 saturated heterocycles. The van der Waals surface area contributed by atoms with Gasteiger partial charge in [0.05, 0.1) is 17.8 Å². The van der Waals surface area contributed by atoms with E-state index in [4.69, 9.17) is 4.74 Å². The van der Waals surface area contributed by atoms with E-state index in [2.05, 4.69) is 10.3 Å². The monoisotopic (exact) mass is 392 g/mol. The summed E-state index contributed by atoms with van der Waals surface area (Å²) in [6.45, 7) is 2.03. The lowest BCUT2D eigenvalue weighted by Gasteiger charge is -2.08. The molecular formula is C12H10FIN2O2S. The largest absolute Gasteiger partial charge is 0.461 e. The maximum atomic E-state index is 13.0. The van der Waals surface area contributed by atoms with Gasteiger partial charge in [-0.1, -0.05) is 0 Å². The summed E-state index contributed by atoms with van der Waals surface area (Å²) in [5, 5.41) is 3.65. The lowest BCUT2D eigenvalue weighted by atomic mass is 10.3. The van der Waals surface area contributed by atoms with Gasteiger partial charge in [-0.05, 0) is 47.7 Å². The number of rotatable bonds is 4. The number of esters is 1. The molecule has 4 nitrogen and oxygen atoms in total. The van der Waals surface area contributed by atoms with E-state index in [0.717, 1.165) is 9.26 Å². The van der Waals surface area contributed by atoms with Crippen molar-refractivity contribution < 1.29 is 13.9 Å². The first-order chi connectivity index (χ1) is 9.11. The molecule has 0 fully saturated rings. The second-order valence-corrected chi connectivity index (χ2v) is 5.52. The SMILES string of the molecule is CCOC(=O)c1ncsc1Nc1ccc(F)cc1I. The quantitative estimate of drug-likeness (QED) is 0.635. The van der Waals surface area contributed by atoms with Gasteiger partial charge >= 0.3 is 5.97 Å². The number of nitrogens with zero attached hydrogens (tertiary/aromatic N) is 1. The predicted molar refractivity (Wildman–Crippen MR) is 80.5 cm³/mol. The van der Waals surface area contributed by atoms with Crippen LogP contribution in [0.3, 0.4) is 0 Å². The van der Waals surface area contributed by atoms with Crippen LogP contribution in [0.25, 0.3) is 0 Å². The minimum absolute atomic E-state index is 0.243. The zero-order chi connectivity index (χ0) is 13.8. The first kappa shape index (κ1) is 14.2. The minimum atomic E-state index is -0.469. The van der Waals surface area contributed by atoms with Crippen molar-refractivity contribution in [3.05, 3.63) is 38.8 Å². The summed E-state index contributed by atoms with van der Waals surface area (Å²) >= 11 is 3.31. The topological polar surface area (TPSA) is 51.2 Å². The first-order valence-corrected chi connectivity index (χ1v) is 7.40. The lowest BCUT2D eigenvalue weighted by Crippen LogP contribution is -2.07. The van der Waals surface area contributed by atoms with Gasteiger partial charge in [0, 0.05) is 3.57 Å². The molecule has 0 atom stereocenters. The van der Waals surface area contributed by atoms with Gasteiger partial charge in [-0.3, -0.25) is 0 Å². The zero-order valence-corrected chi connectivity index (χ0v) is 12.9. The second-order valence-electron chi connectivity index (χ2n) is 3.50. The van der Waals surface area contributed by atoms with E-state index >= 15 is 0 Å². The molecule has 0 aliphatic heterocycles. The number of hydrogen-bond acceptors (Lipinski definition) is 5. The molecule has 1 N–H and O–H groups in total. The van der Waals surface area contributed by atoms with Crippen LogP contribution in [0, 0.1) is 9.39 Å². The van der Waals surface area contributed by atoms with Gasteiger partial charge in [0.2, 0.25) is 0 Å². The van der Waals surface area contributed by atoms with Crippen LogP contribution in [0.5, 0.6) is 0 Å². The van der Waals surface area contributed by atoms with E-state index in [9.17, 15) is 9.18 Å². The van der Waals surface area contributed by atoms with Gasteiger partial charge in [-0.15, -0.1) is 11.3 Å². The number of benzene rings is 1. The first-order valence-electron chi connectivity index (χ1n) is 5.44. The fraction of sp³-hybridized carbons (Fsp3) is 0.167. The van der Waals surface area contributed by atoms with Crippen LogP contribution in [-0.2, 0) is 4.74 Å². The summed E-state index contributed by atoms with van der Waals surface area (Å²) in [7, 11) is 0. The molecule has 19 heavy (non-hydrogen) atoms. The molecule has 0 aliphatic carbocycles. The standard InChI is InChI=1S/C12H10FIN2O2S/c1-2-18-12(17)10-11(19-6-15-10)16-9-4-3-7(13)5-8(9)14/h3-6,16H,2H2,1H3.